The number of carbonyl (C=O) groups is 3. The first-order chi connectivity index (χ1) is 18.6. The van der Waals surface area contributed by atoms with Crippen molar-refractivity contribution in [1.82, 2.24) is 29.7 Å². The molecule has 0 saturated carbocycles. The molecule has 0 aliphatic rings. The first-order valence-electron chi connectivity index (χ1n) is 12.3. The van der Waals surface area contributed by atoms with Crippen LogP contribution in [0.2, 0.25) is 0 Å². The van der Waals surface area contributed by atoms with Crippen LogP contribution in [0.4, 0.5) is 10.5 Å². The van der Waals surface area contributed by atoms with E-state index >= 15 is 0 Å². The van der Waals surface area contributed by atoms with Gasteiger partial charge in [0.1, 0.15) is 17.6 Å². The minimum Gasteiger partial charge on any atom is -0.453 e. The maximum atomic E-state index is 13.2. The number of hydrogen-bond donors (Lipinski definition) is 3. The minimum absolute atomic E-state index is 0.0389. The third kappa shape index (κ3) is 7.87. The van der Waals surface area contributed by atoms with Crippen molar-refractivity contribution in [2.24, 2.45) is 0 Å². The molecule has 12 heteroatoms. The molecular weight excluding hydrogens is 502 g/mol. The predicted octanol–water partition coefficient (Wildman–Crippen LogP) is 2.68. The fraction of sp³-hybridized carbons (Fsp3) is 0.333. The van der Waals surface area contributed by atoms with Gasteiger partial charge in [0.2, 0.25) is 11.8 Å². The van der Waals surface area contributed by atoms with E-state index in [1.807, 2.05) is 26.0 Å². The first-order valence-corrected chi connectivity index (χ1v) is 12.3. The van der Waals surface area contributed by atoms with Gasteiger partial charge in [0.05, 0.1) is 19.2 Å². The van der Waals surface area contributed by atoms with Gasteiger partial charge >= 0.3 is 6.09 Å². The van der Waals surface area contributed by atoms with E-state index in [2.05, 4.69) is 30.3 Å². The molecule has 3 aromatic rings. The smallest absolute Gasteiger partial charge is 0.407 e. The number of allylic oxidation sites excluding steroid dienone is 2. The fourth-order valence-corrected chi connectivity index (χ4v) is 3.69. The predicted molar refractivity (Wildman–Crippen MR) is 148 cm³/mol. The lowest BCUT2D eigenvalue weighted by atomic mass is 10.1. The summed E-state index contributed by atoms with van der Waals surface area (Å²) in [5.74, 6) is -0.265. The standard InChI is InChI=1S/C27H33N7O5/c1-17(2)15-18-12-13-28-24-23(18)31-21(32-24)16-34-14-8-10-20(26(34)37)29-25(36)19(30-27(38)39-5)9-6-7-11-22(35)33(3)4/h7-8,10-15,19H,6,9,16H2,1-5H3,(H,29,36)(H,30,38)(H,28,31,32)/b11-7+/t19-/m0/s1. The van der Waals surface area contributed by atoms with Gasteiger partial charge in [-0.2, -0.15) is 0 Å². The molecule has 0 aromatic carbocycles. The van der Waals surface area contributed by atoms with Gasteiger partial charge in [-0.3, -0.25) is 14.4 Å². The molecule has 0 fully saturated rings. The lowest BCUT2D eigenvalue weighted by molar-refractivity contribution is -0.123. The number of rotatable bonds is 10. The molecule has 0 saturated heterocycles. The Morgan fingerprint density at radius 2 is 2.00 bits per heavy atom. The van der Waals surface area contributed by atoms with E-state index in [1.165, 1.54) is 28.7 Å². The lowest BCUT2D eigenvalue weighted by Crippen LogP contribution is -2.44. The quantitative estimate of drug-likeness (QED) is 0.338. The van der Waals surface area contributed by atoms with Crippen LogP contribution < -0.4 is 16.2 Å². The summed E-state index contributed by atoms with van der Waals surface area (Å²) in [7, 11) is 4.44. The van der Waals surface area contributed by atoms with Gasteiger partial charge < -0.3 is 29.8 Å². The van der Waals surface area contributed by atoms with Gasteiger partial charge in [0.15, 0.2) is 5.65 Å². The van der Waals surface area contributed by atoms with Crippen molar-refractivity contribution < 1.29 is 19.1 Å². The Morgan fingerprint density at radius 1 is 1.23 bits per heavy atom. The number of H-pyrrole nitrogens is 1. The SMILES string of the molecule is COC(=O)N[C@@H](CC/C=C/C(=O)N(C)C)C(=O)Nc1cccn(Cc2nc3nccc(C=C(C)C)c3[nH]2)c1=O. The Bertz CT molecular complexity index is 1460. The highest BCUT2D eigenvalue weighted by atomic mass is 16.5. The molecule has 0 unspecified atom stereocenters. The molecule has 3 heterocycles. The van der Waals surface area contributed by atoms with E-state index in [9.17, 15) is 19.2 Å². The molecule has 0 spiro atoms. The number of hydrogen-bond acceptors (Lipinski definition) is 7. The third-order valence-corrected chi connectivity index (χ3v) is 5.63. The van der Waals surface area contributed by atoms with Crippen LogP contribution in [0.3, 0.4) is 0 Å². The van der Waals surface area contributed by atoms with Crippen molar-refractivity contribution >= 4 is 40.8 Å². The molecule has 3 rings (SSSR count). The van der Waals surface area contributed by atoms with Crippen LogP contribution >= 0.6 is 0 Å². The normalized spacial score (nSPS) is 11.7. The molecule has 3 aromatic heterocycles. The second-order valence-corrected chi connectivity index (χ2v) is 9.25. The Labute approximate surface area is 225 Å². The maximum absolute atomic E-state index is 13.2. The average molecular weight is 536 g/mol. The number of imidazole rings is 1. The number of likely N-dealkylation sites (N-methyl/N-ethyl adjacent to an activating group) is 1. The Kier molecular flexibility index (Phi) is 9.74. The molecule has 0 aliphatic carbocycles. The molecule has 3 N–H and O–H groups in total. The summed E-state index contributed by atoms with van der Waals surface area (Å²) < 4.78 is 6.04. The van der Waals surface area contributed by atoms with Gasteiger partial charge in [-0.25, -0.2) is 14.8 Å². The zero-order valence-corrected chi connectivity index (χ0v) is 22.6. The van der Waals surface area contributed by atoms with Crippen molar-refractivity contribution in [3.63, 3.8) is 0 Å². The summed E-state index contributed by atoms with van der Waals surface area (Å²) in [5.41, 5.74) is 2.96. The van der Waals surface area contributed by atoms with E-state index in [0.717, 1.165) is 16.7 Å². The number of alkyl carbamates (subject to hydrolysis) is 1. The van der Waals surface area contributed by atoms with Gasteiger partial charge in [0, 0.05) is 32.1 Å². The third-order valence-electron chi connectivity index (χ3n) is 5.63. The van der Waals surface area contributed by atoms with Crippen molar-refractivity contribution in [2.45, 2.75) is 39.3 Å². The average Bonchev–Trinajstić information content (AvgIpc) is 3.31. The van der Waals surface area contributed by atoms with Crippen LogP contribution in [0.1, 0.15) is 38.1 Å². The Hall–Kier alpha value is -4.74. The van der Waals surface area contributed by atoms with Crippen LogP contribution in [0.5, 0.6) is 0 Å². The van der Waals surface area contributed by atoms with E-state index in [1.54, 1.807) is 38.6 Å². The molecule has 12 nitrogen and oxygen atoms in total. The molecule has 39 heavy (non-hydrogen) atoms. The summed E-state index contributed by atoms with van der Waals surface area (Å²) in [6.45, 7) is 4.12. The van der Waals surface area contributed by atoms with Gasteiger partial charge in [-0.1, -0.05) is 17.7 Å². The highest BCUT2D eigenvalue weighted by Crippen LogP contribution is 2.17. The topological polar surface area (TPSA) is 151 Å². The van der Waals surface area contributed by atoms with Crippen molar-refractivity contribution in [1.29, 1.82) is 0 Å². The van der Waals surface area contributed by atoms with Crippen molar-refractivity contribution in [2.75, 3.05) is 26.5 Å². The first kappa shape index (κ1) is 28.8. The van der Waals surface area contributed by atoms with Crippen LogP contribution in [0.25, 0.3) is 17.2 Å². The number of amides is 3. The monoisotopic (exact) mass is 535 g/mol. The van der Waals surface area contributed by atoms with E-state index < -0.39 is 23.6 Å². The zero-order chi connectivity index (χ0) is 28.5. The number of aromatic amines is 1. The van der Waals surface area contributed by atoms with E-state index in [-0.39, 0.29) is 24.6 Å². The summed E-state index contributed by atoms with van der Waals surface area (Å²) in [5, 5.41) is 5.07. The van der Waals surface area contributed by atoms with Crippen LogP contribution in [0, 0.1) is 0 Å². The van der Waals surface area contributed by atoms with Crippen molar-refractivity contribution in [3.05, 3.63) is 70.1 Å². The summed E-state index contributed by atoms with van der Waals surface area (Å²) >= 11 is 0. The van der Waals surface area contributed by atoms with Crippen molar-refractivity contribution in [3.8, 4) is 0 Å². The molecule has 1 atom stereocenters. The molecule has 0 radical (unpaired) electrons. The largest absolute Gasteiger partial charge is 0.453 e. The molecule has 0 aliphatic heterocycles. The number of aromatic nitrogens is 4. The highest BCUT2D eigenvalue weighted by Gasteiger charge is 2.22. The maximum Gasteiger partial charge on any atom is 0.407 e. The number of pyridine rings is 2. The van der Waals surface area contributed by atoms with Crippen LogP contribution in [0.15, 0.2) is 53.1 Å². The molecule has 3 amide bonds. The number of fused-ring (bicyclic) bond motifs is 1. The van der Waals surface area contributed by atoms with Crippen LogP contribution in [-0.4, -0.2) is 69.6 Å². The van der Waals surface area contributed by atoms with Crippen LogP contribution in [-0.2, 0) is 20.9 Å². The molecular formula is C27H33N7O5. The second-order valence-electron chi connectivity index (χ2n) is 9.25. The number of anilines is 1. The van der Waals surface area contributed by atoms with E-state index in [0.29, 0.717) is 17.9 Å². The molecule has 206 valence electrons. The summed E-state index contributed by atoms with van der Waals surface area (Å²) in [4.78, 5) is 63.1. The van der Waals surface area contributed by atoms with E-state index in [4.69, 9.17) is 0 Å². The number of nitrogens with one attached hydrogen (secondary N) is 3. The molecule has 0 bridgehead atoms. The Balaban J connectivity index is 1.77. The summed E-state index contributed by atoms with van der Waals surface area (Å²) in [6.07, 6.45) is 8.00. The number of methoxy groups -OCH3 is 1. The second kappa shape index (κ2) is 13.2. The zero-order valence-electron chi connectivity index (χ0n) is 22.6. The van der Waals surface area contributed by atoms with Gasteiger partial charge in [-0.15, -0.1) is 0 Å². The highest BCUT2D eigenvalue weighted by molar-refractivity contribution is 5.96. The number of carbonyl (C=O) groups excluding carboxylic acids is 3. The Morgan fingerprint density at radius 3 is 2.69 bits per heavy atom. The lowest BCUT2D eigenvalue weighted by Gasteiger charge is -2.17. The minimum atomic E-state index is -1.00. The summed E-state index contributed by atoms with van der Waals surface area (Å²) in [6, 6.07) is 3.99. The number of ether oxygens (including phenoxy) is 1. The number of nitrogens with zero attached hydrogens (tertiary/aromatic N) is 4. The van der Waals surface area contributed by atoms with Gasteiger partial charge in [-0.05, 0) is 51.0 Å². The van der Waals surface area contributed by atoms with Gasteiger partial charge in [0.25, 0.3) is 5.56 Å². The fourth-order valence-electron chi connectivity index (χ4n) is 3.69.